The monoisotopic (exact) mass is 953 g/mol. The Hall–Kier alpha value is -1.30. The van der Waals surface area contributed by atoms with Gasteiger partial charge in [-0.3, -0.25) is 19.4 Å². The molecule has 0 unspecified atom stereocenters. The van der Waals surface area contributed by atoms with Gasteiger partial charge in [0, 0.05) is 49.1 Å². The third-order valence-corrected chi connectivity index (χ3v) is 19.7. The van der Waals surface area contributed by atoms with Gasteiger partial charge in [0.05, 0.1) is 37.6 Å². The average Bonchev–Trinajstić information content (AvgIpc) is 3.39. The van der Waals surface area contributed by atoms with Crippen molar-refractivity contribution in [3.8, 4) is 0 Å². The van der Waals surface area contributed by atoms with Crippen molar-refractivity contribution in [2.75, 3.05) is 26.4 Å². The van der Waals surface area contributed by atoms with Gasteiger partial charge in [-0.1, -0.05) is 38.5 Å². The number of esters is 2. The van der Waals surface area contributed by atoms with Gasteiger partial charge in [0.2, 0.25) is 0 Å². The molecule has 8 aliphatic carbocycles. The van der Waals surface area contributed by atoms with Crippen LogP contribution in [0, 0.1) is 23.7 Å². The Bertz CT molecular complexity index is 1300. The molecule has 2 N–H and O–H groups in total. The molecule has 8 aliphatic rings. The van der Waals surface area contributed by atoms with Crippen LogP contribution in [0.3, 0.4) is 0 Å². The molecular formula is C58H100N2O8. The number of aliphatic hydroxyl groups is 2. The van der Waals surface area contributed by atoms with E-state index in [0.29, 0.717) is 85.3 Å². The van der Waals surface area contributed by atoms with E-state index in [1.165, 1.54) is 218 Å². The topological polar surface area (TPSA) is 118 Å². The lowest BCUT2D eigenvalue weighted by Crippen LogP contribution is -2.54. The normalized spacial score (nSPS) is 36.1. The molecule has 390 valence electrons. The second kappa shape index (κ2) is 28.2. The Kier molecular flexibility index (Phi) is 22.0. The molecule has 0 bridgehead atoms. The van der Waals surface area contributed by atoms with Crippen molar-refractivity contribution < 1.29 is 38.7 Å². The summed E-state index contributed by atoms with van der Waals surface area (Å²) >= 11 is 0. The number of ether oxygens (including phenoxy) is 4. The second-order valence-corrected chi connectivity index (χ2v) is 24.0. The van der Waals surface area contributed by atoms with Crippen LogP contribution < -0.4 is 0 Å². The largest absolute Gasteiger partial charge is 0.463 e. The molecular weight excluding hydrogens is 853 g/mol. The molecule has 0 aliphatic heterocycles. The zero-order valence-electron chi connectivity index (χ0n) is 43.0. The van der Waals surface area contributed by atoms with Crippen LogP contribution in [0.25, 0.3) is 0 Å². The van der Waals surface area contributed by atoms with Crippen molar-refractivity contribution in [3.63, 3.8) is 0 Å². The highest BCUT2D eigenvalue weighted by Gasteiger charge is 2.43. The minimum absolute atomic E-state index is 0.0964. The van der Waals surface area contributed by atoms with Gasteiger partial charge in [0.1, 0.15) is 13.2 Å². The summed E-state index contributed by atoms with van der Waals surface area (Å²) in [5.74, 6) is 2.69. The van der Waals surface area contributed by atoms with Crippen LogP contribution in [0.4, 0.5) is 0 Å². The summed E-state index contributed by atoms with van der Waals surface area (Å²) in [6.07, 6.45) is 49.2. The van der Waals surface area contributed by atoms with Gasteiger partial charge < -0.3 is 29.2 Å². The summed E-state index contributed by atoms with van der Waals surface area (Å²) in [4.78, 5) is 30.8. The van der Waals surface area contributed by atoms with Crippen LogP contribution in [-0.4, -0.2) is 119 Å². The molecule has 8 fully saturated rings. The SMILES string of the molecule is O=C(CCC1CCC(N(C2CCC(OC3CCCCC3)CC2)C2CCC(C3CCC(N(C4CCC(CCC(=O)OCCO)CC4)C4CCC(OC5CCCCC5)CC4)CC3)CC2)CC1)OCCO. The minimum atomic E-state index is -0.150. The van der Waals surface area contributed by atoms with Crippen LogP contribution in [-0.2, 0) is 28.5 Å². The first-order valence-electron chi connectivity index (χ1n) is 29.8. The molecule has 8 rings (SSSR count). The molecule has 0 aromatic rings. The van der Waals surface area contributed by atoms with Gasteiger partial charge in [0.25, 0.3) is 0 Å². The lowest BCUT2D eigenvalue weighted by molar-refractivity contribution is -0.145. The Balaban J connectivity index is 0.839. The maximum Gasteiger partial charge on any atom is 0.305 e. The fourth-order valence-corrected chi connectivity index (χ4v) is 16.0. The molecule has 8 saturated carbocycles. The van der Waals surface area contributed by atoms with E-state index in [-0.39, 0.29) is 38.4 Å². The lowest BCUT2D eigenvalue weighted by Gasteiger charge is -2.51. The van der Waals surface area contributed by atoms with E-state index in [0.717, 1.165) is 24.7 Å². The van der Waals surface area contributed by atoms with Crippen LogP contribution in [0.5, 0.6) is 0 Å². The number of hydrogen-bond acceptors (Lipinski definition) is 10. The molecule has 0 aromatic carbocycles. The number of hydrogen-bond donors (Lipinski definition) is 2. The summed E-state index contributed by atoms with van der Waals surface area (Å²) in [7, 11) is 0. The van der Waals surface area contributed by atoms with E-state index in [4.69, 9.17) is 29.2 Å². The molecule has 0 saturated heterocycles. The van der Waals surface area contributed by atoms with Crippen LogP contribution in [0.15, 0.2) is 0 Å². The second-order valence-electron chi connectivity index (χ2n) is 24.0. The first-order valence-corrected chi connectivity index (χ1v) is 29.8. The lowest BCUT2D eigenvalue weighted by atomic mass is 9.70. The molecule has 0 atom stereocenters. The van der Waals surface area contributed by atoms with Gasteiger partial charge in [-0.05, 0) is 216 Å². The van der Waals surface area contributed by atoms with E-state index < -0.39 is 0 Å². The van der Waals surface area contributed by atoms with Crippen molar-refractivity contribution in [2.24, 2.45) is 23.7 Å². The highest BCUT2D eigenvalue weighted by atomic mass is 16.5. The minimum Gasteiger partial charge on any atom is -0.463 e. The summed E-state index contributed by atoms with van der Waals surface area (Å²) in [5.41, 5.74) is 0. The fraction of sp³-hybridized carbons (Fsp3) is 0.966. The van der Waals surface area contributed by atoms with Crippen molar-refractivity contribution in [1.82, 2.24) is 9.80 Å². The number of nitrogens with zero attached hydrogens (tertiary/aromatic N) is 2. The Morgan fingerprint density at radius 2 is 0.632 bits per heavy atom. The predicted molar refractivity (Wildman–Crippen MR) is 269 cm³/mol. The van der Waals surface area contributed by atoms with Gasteiger partial charge in [-0.25, -0.2) is 0 Å². The highest BCUT2D eigenvalue weighted by molar-refractivity contribution is 5.69. The maximum atomic E-state index is 12.3. The molecule has 10 heteroatoms. The average molecular weight is 953 g/mol. The Morgan fingerprint density at radius 1 is 0.353 bits per heavy atom. The van der Waals surface area contributed by atoms with Gasteiger partial charge in [0.15, 0.2) is 0 Å². The molecule has 0 radical (unpaired) electrons. The summed E-state index contributed by atoms with van der Waals surface area (Å²) in [6.45, 7) is 0.0437. The molecule has 10 nitrogen and oxygen atoms in total. The summed E-state index contributed by atoms with van der Waals surface area (Å²) < 4.78 is 23.9. The smallest absolute Gasteiger partial charge is 0.305 e. The van der Waals surface area contributed by atoms with Crippen LogP contribution in [0.2, 0.25) is 0 Å². The number of rotatable bonds is 21. The zero-order valence-corrected chi connectivity index (χ0v) is 43.0. The van der Waals surface area contributed by atoms with Crippen LogP contribution in [0.1, 0.15) is 244 Å². The molecule has 0 aromatic heterocycles. The third-order valence-electron chi connectivity index (χ3n) is 19.7. The number of carbonyl (C=O) groups excluding carboxylic acids is 2. The molecule has 0 spiro atoms. The summed E-state index contributed by atoms with van der Waals surface area (Å²) in [6, 6.07) is 4.16. The maximum absolute atomic E-state index is 12.3. The number of aliphatic hydroxyl groups excluding tert-OH is 2. The molecule has 68 heavy (non-hydrogen) atoms. The fourth-order valence-electron chi connectivity index (χ4n) is 16.0. The predicted octanol–water partition coefficient (Wildman–Crippen LogP) is 11.8. The first-order chi connectivity index (χ1) is 33.4. The van der Waals surface area contributed by atoms with Gasteiger partial charge in [-0.2, -0.15) is 0 Å². The molecule has 0 heterocycles. The number of carbonyl (C=O) groups is 2. The first kappa shape index (κ1) is 53.0. The third kappa shape index (κ3) is 15.8. The quantitative estimate of drug-likeness (QED) is 0.108. The van der Waals surface area contributed by atoms with Gasteiger partial charge in [-0.15, -0.1) is 0 Å². The highest BCUT2D eigenvalue weighted by Crippen LogP contribution is 2.46. The zero-order chi connectivity index (χ0) is 46.9. The Labute approximate surface area is 413 Å². The Morgan fingerprint density at radius 3 is 0.941 bits per heavy atom. The van der Waals surface area contributed by atoms with Crippen LogP contribution >= 0.6 is 0 Å². The van der Waals surface area contributed by atoms with E-state index in [9.17, 15) is 9.59 Å². The van der Waals surface area contributed by atoms with Crippen molar-refractivity contribution in [2.45, 2.75) is 305 Å². The summed E-state index contributed by atoms with van der Waals surface area (Å²) in [5, 5.41) is 18.2. The van der Waals surface area contributed by atoms with E-state index in [2.05, 4.69) is 9.80 Å². The van der Waals surface area contributed by atoms with E-state index in [1.807, 2.05) is 0 Å². The standard InChI is InChI=1S/C58H100N2O8/c61-39-41-65-57(63)37-15-43-11-21-47(22-12-43)59(51-29-33-55(34-30-51)67-53-7-3-1-4-8-53)49-25-17-45(18-26-49)46-19-27-50(28-20-46)60(48-23-13-44(14-24-48)16-38-58(64)66-42-40-62)52-31-35-56(36-32-52)68-54-9-5-2-6-10-54/h43-56,61-62H,1-42H2. The molecule has 0 amide bonds. The van der Waals surface area contributed by atoms with E-state index in [1.54, 1.807) is 0 Å². The van der Waals surface area contributed by atoms with Crippen molar-refractivity contribution in [3.05, 3.63) is 0 Å². The van der Waals surface area contributed by atoms with Crippen molar-refractivity contribution >= 4 is 11.9 Å². The van der Waals surface area contributed by atoms with E-state index >= 15 is 0 Å². The van der Waals surface area contributed by atoms with Crippen molar-refractivity contribution in [1.29, 1.82) is 0 Å². The van der Waals surface area contributed by atoms with Gasteiger partial charge >= 0.3 is 11.9 Å².